The van der Waals surface area contributed by atoms with Crippen LogP contribution >= 0.6 is 11.8 Å². The van der Waals surface area contributed by atoms with E-state index in [1.807, 2.05) is 31.2 Å². The van der Waals surface area contributed by atoms with Crippen molar-refractivity contribution in [2.45, 2.75) is 24.6 Å². The third-order valence-electron chi connectivity index (χ3n) is 3.73. The SMILES string of the molecule is CCOc1ccc(-n2ccnc(SCc3ccc(C)cc3)c2=O)cc1. The summed E-state index contributed by atoms with van der Waals surface area (Å²) in [5.41, 5.74) is 3.09. The molecule has 0 atom stereocenters. The maximum Gasteiger partial charge on any atom is 0.287 e. The molecule has 2 aromatic carbocycles. The topological polar surface area (TPSA) is 44.1 Å². The van der Waals surface area contributed by atoms with Crippen molar-refractivity contribution >= 4 is 11.8 Å². The zero-order chi connectivity index (χ0) is 17.6. The number of ether oxygens (including phenoxy) is 1. The Hall–Kier alpha value is -2.53. The van der Waals surface area contributed by atoms with Gasteiger partial charge < -0.3 is 4.74 Å². The van der Waals surface area contributed by atoms with Gasteiger partial charge in [-0.2, -0.15) is 0 Å². The normalized spacial score (nSPS) is 10.6. The summed E-state index contributed by atoms with van der Waals surface area (Å²) in [6, 6.07) is 15.8. The molecule has 4 nitrogen and oxygen atoms in total. The van der Waals surface area contributed by atoms with Crippen molar-refractivity contribution in [1.29, 1.82) is 0 Å². The average Bonchev–Trinajstić information content (AvgIpc) is 2.63. The maximum absolute atomic E-state index is 12.7. The molecular weight excluding hydrogens is 332 g/mol. The monoisotopic (exact) mass is 352 g/mol. The summed E-state index contributed by atoms with van der Waals surface area (Å²) in [5.74, 6) is 1.51. The van der Waals surface area contributed by atoms with Crippen molar-refractivity contribution in [3.63, 3.8) is 0 Å². The molecular formula is C20H20N2O2S. The van der Waals surface area contributed by atoms with Crippen LogP contribution in [0.4, 0.5) is 0 Å². The van der Waals surface area contributed by atoms with Gasteiger partial charge in [-0.15, -0.1) is 0 Å². The van der Waals surface area contributed by atoms with Crippen molar-refractivity contribution in [1.82, 2.24) is 9.55 Å². The number of aryl methyl sites for hydroxylation is 1. The lowest BCUT2D eigenvalue weighted by Gasteiger charge is -2.09. The van der Waals surface area contributed by atoms with E-state index in [0.717, 1.165) is 17.2 Å². The Labute approximate surface area is 151 Å². The van der Waals surface area contributed by atoms with Crippen molar-refractivity contribution < 1.29 is 4.74 Å². The molecule has 0 spiro atoms. The molecule has 0 unspecified atom stereocenters. The van der Waals surface area contributed by atoms with Gasteiger partial charge in [-0.05, 0) is 43.7 Å². The Morgan fingerprint density at radius 2 is 1.80 bits per heavy atom. The molecule has 0 aliphatic rings. The van der Waals surface area contributed by atoms with Gasteiger partial charge in [0.1, 0.15) is 5.75 Å². The Bertz CT molecular complexity index is 887. The summed E-state index contributed by atoms with van der Waals surface area (Å²) in [7, 11) is 0. The average molecular weight is 352 g/mol. The second-order valence-corrected chi connectivity index (χ2v) is 6.57. The predicted molar refractivity (Wildman–Crippen MR) is 102 cm³/mol. The van der Waals surface area contributed by atoms with E-state index in [-0.39, 0.29) is 5.56 Å². The highest BCUT2D eigenvalue weighted by molar-refractivity contribution is 7.98. The lowest BCUT2D eigenvalue weighted by molar-refractivity contribution is 0.340. The molecule has 0 saturated heterocycles. The molecule has 1 aromatic heterocycles. The standard InChI is InChI=1S/C20H20N2O2S/c1-3-24-18-10-8-17(9-11-18)22-13-12-21-19(20(22)23)25-14-16-6-4-15(2)5-7-16/h4-13H,3,14H2,1-2H3. The van der Waals surface area contributed by atoms with Gasteiger partial charge in [-0.3, -0.25) is 9.36 Å². The fourth-order valence-corrected chi connectivity index (χ4v) is 3.25. The first-order valence-corrected chi connectivity index (χ1v) is 9.15. The van der Waals surface area contributed by atoms with Crippen LogP contribution in [0.25, 0.3) is 5.69 Å². The molecule has 0 aliphatic carbocycles. The lowest BCUT2D eigenvalue weighted by Crippen LogP contribution is -2.20. The summed E-state index contributed by atoms with van der Waals surface area (Å²) in [5, 5.41) is 0.497. The fraction of sp³-hybridized carbons (Fsp3) is 0.200. The zero-order valence-electron chi connectivity index (χ0n) is 14.3. The minimum Gasteiger partial charge on any atom is -0.494 e. The molecule has 1 heterocycles. The van der Waals surface area contributed by atoms with Gasteiger partial charge in [-0.1, -0.05) is 41.6 Å². The van der Waals surface area contributed by atoms with E-state index in [9.17, 15) is 4.79 Å². The van der Waals surface area contributed by atoms with Crippen LogP contribution < -0.4 is 10.3 Å². The summed E-state index contributed by atoms with van der Waals surface area (Å²) >= 11 is 1.46. The summed E-state index contributed by atoms with van der Waals surface area (Å²) < 4.78 is 7.05. The number of hydrogen-bond acceptors (Lipinski definition) is 4. The molecule has 0 saturated carbocycles. The molecule has 128 valence electrons. The van der Waals surface area contributed by atoms with E-state index in [4.69, 9.17) is 4.74 Å². The summed E-state index contributed by atoms with van der Waals surface area (Å²) in [4.78, 5) is 17.0. The Kier molecular flexibility index (Phi) is 5.56. The maximum atomic E-state index is 12.7. The van der Waals surface area contributed by atoms with Crippen LogP contribution in [0.2, 0.25) is 0 Å². The predicted octanol–water partition coefficient (Wildman–Crippen LogP) is 4.23. The Morgan fingerprint density at radius 1 is 1.08 bits per heavy atom. The van der Waals surface area contributed by atoms with Gasteiger partial charge in [0.15, 0.2) is 5.03 Å². The highest BCUT2D eigenvalue weighted by Gasteiger charge is 2.08. The highest BCUT2D eigenvalue weighted by atomic mass is 32.2. The van der Waals surface area contributed by atoms with E-state index in [0.29, 0.717) is 11.6 Å². The van der Waals surface area contributed by atoms with Crippen molar-refractivity contribution in [3.05, 3.63) is 82.4 Å². The minimum atomic E-state index is -0.108. The Morgan fingerprint density at radius 3 is 2.48 bits per heavy atom. The second-order valence-electron chi connectivity index (χ2n) is 5.61. The third kappa shape index (κ3) is 4.31. The van der Waals surface area contributed by atoms with Gasteiger partial charge in [0.05, 0.1) is 6.61 Å². The number of nitrogens with zero attached hydrogens (tertiary/aromatic N) is 2. The van der Waals surface area contributed by atoms with E-state index in [2.05, 4.69) is 36.2 Å². The van der Waals surface area contributed by atoms with Crippen LogP contribution in [0.3, 0.4) is 0 Å². The van der Waals surface area contributed by atoms with Crippen LogP contribution in [-0.2, 0) is 5.75 Å². The molecule has 0 aliphatic heterocycles. The number of thioether (sulfide) groups is 1. The molecule has 0 fully saturated rings. The second kappa shape index (κ2) is 8.03. The first-order chi connectivity index (χ1) is 12.2. The molecule has 0 bridgehead atoms. The van der Waals surface area contributed by atoms with E-state index in [1.165, 1.54) is 22.9 Å². The molecule has 5 heteroatoms. The van der Waals surface area contributed by atoms with Gasteiger partial charge in [-0.25, -0.2) is 4.98 Å². The quantitative estimate of drug-likeness (QED) is 0.623. The summed E-state index contributed by atoms with van der Waals surface area (Å²) in [6.45, 7) is 4.62. The fourth-order valence-electron chi connectivity index (χ4n) is 2.40. The molecule has 0 N–H and O–H groups in total. The third-order valence-corrected chi connectivity index (χ3v) is 4.76. The Balaban J connectivity index is 1.79. The van der Waals surface area contributed by atoms with Crippen LogP contribution in [-0.4, -0.2) is 16.2 Å². The number of aromatic nitrogens is 2. The molecule has 0 amide bonds. The molecule has 3 rings (SSSR count). The van der Waals surface area contributed by atoms with Crippen molar-refractivity contribution in [2.75, 3.05) is 6.61 Å². The number of rotatable bonds is 6. The highest BCUT2D eigenvalue weighted by Crippen LogP contribution is 2.19. The molecule has 3 aromatic rings. The molecule has 0 radical (unpaired) electrons. The number of hydrogen-bond donors (Lipinski definition) is 0. The van der Waals surface area contributed by atoms with E-state index < -0.39 is 0 Å². The van der Waals surface area contributed by atoms with Gasteiger partial charge in [0.25, 0.3) is 5.56 Å². The van der Waals surface area contributed by atoms with Crippen molar-refractivity contribution in [2.24, 2.45) is 0 Å². The van der Waals surface area contributed by atoms with Crippen LogP contribution in [0.5, 0.6) is 5.75 Å². The van der Waals surface area contributed by atoms with E-state index in [1.54, 1.807) is 17.0 Å². The first-order valence-electron chi connectivity index (χ1n) is 8.16. The zero-order valence-corrected chi connectivity index (χ0v) is 15.1. The van der Waals surface area contributed by atoms with E-state index >= 15 is 0 Å². The van der Waals surface area contributed by atoms with Crippen LogP contribution in [0.15, 0.2) is 70.7 Å². The molecule has 25 heavy (non-hydrogen) atoms. The lowest BCUT2D eigenvalue weighted by atomic mass is 10.2. The first kappa shape index (κ1) is 17.3. The number of benzene rings is 2. The van der Waals surface area contributed by atoms with Gasteiger partial charge in [0, 0.05) is 23.8 Å². The van der Waals surface area contributed by atoms with Crippen LogP contribution in [0.1, 0.15) is 18.1 Å². The van der Waals surface area contributed by atoms with Gasteiger partial charge in [0.2, 0.25) is 0 Å². The van der Waals surface area contributed by atoms with Crippen molar-refractivity contribution in [3.8, 4) is 11.4 Å². The largest absolute Gasteiger partial charge is 0.494 e. The minimum absolute atomic E-state index is 0.108. The summed E-state index contributed by atoms with van der Waals surface area (Å²) in [6.07, 6.45) is 3.35. The van der Waals surface area contributed by atoms with Crippen LogP contribution in [0, 0.1) is 6.92 Å². The smallest absolute Gasteiger partial charge is 0.287 e. The van der Waals surface area contributed by atoms with Gasteiger partial charge >= 0.3 is 0 Å².